The van der Waals surface area contributed by atoms with Gasteiger partial charge in [-0.25, -0.2) is 4.98 Å². The van der Waals surface area contributed by atoms with E-state index >= 15 is 0 Å². The lowest BCUT2D eigenvalue weighted by Gasteiger charge is -2.34. The third-order valence-electron chi connectivity index (χ3n) is 3.68. The minimum absolute atomic E-state index is 0.0734. The maximum atomic E-state index is 9.30. The van der Waals surface area contributed by atoms with Gasteiger partial charge in [-0.15, -0.1) is 0 Å². The van der Waals surface area contributed by atoms with Crippen LogP contribution in [0, 0.1) is 5.92 Å². The van der Waals surface area contributed by atoms with Gasteiger partial charge in [-0.1, -0.05) is 11.6 Å². The van der Waals surface area contributed by atoms with E-state index in [2.05, 4.69) is 16.9 Å². The molecule has 0 amide bonds. The molecule has 0 radical (unpaired) electrons. The second-order valence-corrected chi connectivity index (χ2v) is 5.97. The van der Waals surface area contributed by atoms with E-state index in [0.717, 1.165) is 37.3 Å². The number of rotatable bonds is 4. The predicted molar refractivity (Wildman–Crippen MR) is 75.3 cm³/mol. The van der Waals surface area contributed by atoms with Gasteiger partial charge in [0.1, 0.15) is 5.65 Å². The Morgan fingerprint density at radius 3 is 2.95 bits per heavy atom. The van der Waals surface area contributed by atoms with Crippen LogP contribution in [0.4, 0.5) is 0 Å². The average Bonchev–Trinajstić information content (AvgIpc) is 2.68. The van der Waals surface area contributed by atoms with Gasteiger partial charge in [-0.05, 0) is 37.9 Å². The van der Waals surface area contributed by atoms with E-state index in [1.807, 2.05) is 28.9 Å². The van der Waals surface area contributed by atoms with Gasteiger partial charge in [-0.3, -0.25) is 0 Å². The largest absolute Gasteiger partial charge is 0.393 e. The number of fused-ring (bicyclic) bond motifs is 1. The molecule has 2 aromatic heterocycles. The lowest BCUT2D eigenvalue weighted by atomic mass is 9.82. The Hall–Kier alpha value is -1.10. The summed E-state index contributed by atoms with van der Waals surface area (Å²) < 4.78 is 1.96. The standard InChI is InChI=1S/C14H18ClN3O/c1-17(6-10-4-13(19)5-10)8-12-9-18-7-11(15)2-3-14(18)16-12/h2-3,7,9-10,13,19H,4-6,8H2,1H3. The summed E-state index contributed by atoms with van der Waals surface area (Å²) in [6.07, 6.45) is 5.69. The van der Waals surface area contributed by atoms with Crippen LogP contribution in [0.15, 0.2) is 24.5 Å². The topological polar surface area (TPSA) is 40.8 Å². The zero-order valence-corrected chi connectivity index (χ0v) is 11.7. The summed E-state index contributed by atoms with van der Waals surface area (Å²) in [5.74, 6) is 0.631. The smallest absolute Gasteiger partial charge is 0.137 e. The first-order chi connectivity index (χ1) is 9.10. The van der Waals surface area contributed by atoms with Gasteiger partial charge < -0.3 is 14.4 Å². The fraction of sp³-hybridized carbons (Fsp3) is 0.500. The van der Waals surface area contributed by atoms with E-state index in [9.17, 15) is 5.11 Å². The molecule has 0 aromatic carbocycles. The van der Waals surface area contributed by atoms with Crippen LogP contribution >= 0.6 is 11.6 Å². The van der Waals surface area contributed by atoms with E-state index in [4.69, 9.17) is 11.6 Å². The summed E-state index contributed by atoms with van der Waals surface area (Å²) in [7, 11) is 2.10. The lowest BCUT2D eigenvalue weighted by molar-refractivity contribution is 0.0272. The van der Waals surface area contributed by atoms with Crippen LogP contribution in [-0.4, -0.2) is 39.1 Å². The van der Waals surface area contributed by atoms with Crippen molar-refractivity contribution in [1.29, 1.82) is 0 Å². The van der Waals surface area contributed by atoms with Crippen LogP contribution in [0.25, 0.3) is 5.65 Å². The van der Waals surface area contributed by atoms with Crippen molar-refractivity contribution >= 4 is 17.2 Å². The molecule has 0 unspecified atom stereocenters. The monoisotopic (exact) mass is 279 g/mol. The molecular formula is C14H18ClN3O. The summed E-state index contributed by atoms with van der Waals surface area (Å²) >= 11 is 5.96. The van der Waals surface area contributed by atoms with Crippen molar-refractivity contribution in [2.45, 2.75) is 25.5 Å². The molecule has 3 rings (SSSR count). The summed E-state index contributed by atoms with van der Waals surface area (Å²) in [5.41, 5.74) is 1.97. The Balaban J connectivity index is 1.64. The van der Waals surface area contributed by atoms with Crippen LogP contribution in [0.3, 0.4) is 0 Å². The third-order valence-corrected chi connectivity index (χ3v) is 3.90. The molecule has 0 spiro atoms. The van der Waals surface area contributed by atoms with Gasteiger partial charge in [0.05, 0.1) is 16.8 Å². The van der Waals surface area contributed by atoms with Crippen molar-refractivity contribution in [3.63, 3.8) is 0 Å². The molecule has 0 atom stereocenters. The summed E-state index contributed by atoms with van der Waals surface area (Å²) in [4.78, 5) is 6.84. The molecule has 102 valence electrons. The van der Waals surface area contributed by atoms with Crippen LogP contribution in [0.5, 0.6) is 0 Å². The maximum Gasteiger partial charge on any atom is 0.137 e. The number of nitrogens with zero attached hydrogens (tertiary/aromatic N) is 3. The first-order valence-corrected chi connectivity index (χ1v) is 6.97. The Kier molecular flexibility index (Phi) is 3.48. The zero-order chi connectivity index (χ0) is 13.4. The molecule has 1 saturated carbocycles. The Morgan fingerprint density at radius 1 is 1.42 bits per heavy atom. The van der Waals surface area contributed by atoms with E-state index in [-0.39, 0.29) is 6.10 Å². The number of aliphatic hydroxyl groups is 1. The maximum absolute atomic E-state index is 9.30. The number of halogens is 1. The zero-order valence-electron chi connectivity index (χ0n) is 11.0. The summed E-state index contributed by atoms with van der Waals surface area (Å²) in [5, 5.41) is 10.0. The highest BCUT2D eigenvalue weighted by Gasteiger charge is 2.27. The SMILES string of the molecule is CN(Cc1cn2cc(Cl)ccc2n1)CC1CC(O)C1. The second kappa shape index (κ2) is 5.12. The minimum atomic E-state index is -0.0734. The highest BCUT2D eigenvalue weighted by atomic mass is 35.5. The molecule has 2 heterocycles. The highest BCUT2D eigenvalue weighted by Crippen LogP contribution is 2.27. The van der Waals surface area contributed by atoms with Crippen molar-refractivity contribution in [3.8, 4) is 0 Å². The predicted octanol–water partition coefficient (Wildman–Crippen LogP) is 2.19. The van der Waals surface area contributed by atoms with Crippen molar-refractivity contribution in [1.82, 2.24) is 14.3 Å². The van der Waals surface area contributed by atoms with Gasteiger partial charge in [0.2, 0.25) is 0 Å². The van der Waals surface area contributed by atoms with E-state index < -0.39 is 0 Å². The van der Waals surface area contributed by atoms with E-state index in [1.54, 1.807) is 0 Å². The summed E-state index contributed by atoms with van der Waals surface area (Å²) in [6.45, 7) is 1.84. The number of pyridine rings is 1. The van der Waals surface area contributed by atoms with Crippen LogP contribution in [0.1, 0.15) is 18.5 Å². The number of hydrogen-bond donors (Lipinski definition) is 1. The van der Waals surface area contributed by atoms with E-state index in [0.29, 0.717) is 10.9 Å². The van der Waals surface area contributed by atoms with Gasteiger partial charge in [0, 0.05) is 25.5 Å². The first-order valence-electron chi connectivity index (χ1n) is 6.60. The molecule has 2 aromatic rings. The Labute approximate surface area is 117 Å². The van der Waals surface area contributed by atoms with Crippen molar-refractivity contribution in [3.05, 3.63) is 35.2 Å². The van der Waals surface area contributed by atoms with Crippen molar-refractivity contribution < 1.29 is 5.11 Å². The van der Waals surface area contributed by atoms with Crippen LogP contribution in [-0.2, 0) is 6.54 Å². The molecule has 19 heavy (non-hydrogen) atoms. The number of hydrogen-bond acceptors (Lipinski definition) is 3. The van der Waals surface area contributed by atoms with Gasteiger partial charge in [0.15, 0.2) is 0 Å². The molecule has 4 nitrogen and oxygen atoms in total. The fourth-order valence-electron chi connectivity index (χ4n) is 2.72. The lowest BCUT2D eigenvalue weighted by Crippen LogP contribution is -2.36. The summed E-state index contributed by atoms with van der Waals surface area (Å²) in [6, 6.07) is 3.78. The third kappa shape index (κ3) is 2.91. The molecule has 1 aliphatic rings. The Morgan fingerprint density at radius 2 is 2.21 bits per heavy atom. The molecule has 0 saturated heterocycles. The molecule has 1 fully saturated rings. The van der Waals surface area contributed by atoms with Gasteiger partial charge >= 0.3 is 0 Å². The first kappa shape index (κ1) is 12.9. The number of aromatic nitrogens is 2. The number of aliphatic hydroxyl groups excluding tert-OH is 1. The molecule has 1 N–H and O–H groups in total. The molecule has 0 bridgehead atoms. The fourth-order valence-corrected chi connectivity index (χ4v) is 2.89. The van der Waals surface area contributed by atoms with Gasteiger partial charge in [0.25, 0.3) is 0 Å². The quantitative estimate of drug-likeness (QED) is 0.933. The van der Waals surface area contributed by atoms with Crippen molar-refractivity contribution in [2.75, 3.05) is 13.6 Å². The number of imidazole rings is 1. The molecule has 5 heteroatoms. The second-order valence-electron chi connectivity index (χ2n) is 5.53. The molecule has 1 aliphatic carbocycles. The van der Waals surface area contributed by atoms with Crippen molar-refractivity contribution in [2.24, 2.45) is 5.92 Å². The van der Waals surface area contributed by atoms with Crippen LogP contribution < -0.4 is 0 Å². The van der Waals surface area contributed by atoms with Crippen LogP contribution in [0.2, 0.25) is 5.02 Å². The average molecular weight is 280 g/mol. The molecular weight excluding hydrogens is 262 g/mol. The van der Waals surface area contributed by atoms with E-state index in [1.165, 1.54) is 0 Å². The minimum Gasteiger partial charge on any atom is -0.393 e. The van der Waals surface area contributed by atoms with Gasteiger partial charge in [-0.2, -0.15) is 0 Å². The molecule has 0 aliphatic heterocycles. The Bertz CT molecular complexity index is 577. The highest BCUT2D eigenvalue weighted by molar-refractivity contribution is 6.30. The normalized spacial score (nSPS) is 22.9.